The Hall–Kier alpha value is -2.40. The summed E-state index contributed by atoms with van der Waals surface area (Å²) < 4.78 is 27.7. The zero-order chi connectivity index (χ0) is 20.7. The zero-order valence-electron chi connectivity index (χ0n) is 15.5. The predicted octanol–water partition coefficient (Wildman–Crippen LogP) is 3.45. The van der Waals surface area contributed by atoms with Gasteiger partial charge in [0.1, 0.15) is 6.04 Å². The Bertz CT molecular complexity index is 952. The number of nitrogens with two attached hydrogens (primary N) is 1. The number of unbranched alkanes of at least 4 members (excludes halogenated alkanes) is 1. The molecule has 2 aromatic rings. The second kappa shape index (κ2) is 9.69. The first-order valence-corrected chi connectivity index (χ1v) is 10.7. The minimum absolute atomic E-state index is 0.0337. The van der Waals surface area contributed by atoms with Gasteiger partial charge < -0.3 is 5.73 Å². The van der Waals surface area contributed by atoms with E-state index in [0.29, 0.717) is 29.0 Å². The van der Waals surface area contributed by atoms with Crippen LogP contribution in [0.25, 0.3) is 0 Å². The van der Waals surface area contributed by atoms with E-state index in [1.54, 1.807) is 24.3 Å². The first-order chi connectivity index (χ1) is 13.3. The third-order valence-electron chi connectivity index (χ3n) is 4.35. The summed E-state index contributed by atoms with van der Waals surface area (Å²) in [5, 5.41) is 9.35. The third-order valence-corrected chi connectivity index (χ3v) is 6.47. The molecule has 0 unspecified atom stereocenters. The van der Waals surface area contributed by atoms with Crippen LogP contribution in [-0.2, 0) is 21.4 Å². The number of nitriles is 1. The van der Waals surface area contributed by atoms with Crippen LogP contribution in [0.5, 0.6) is 0 Å². The van der Waals surface area contributed by atoms with Gasteiger partial charge in [-0.3, -0.25) is 4.79 Å². The molecule has 1 amide bonds. The van der Waals surface area contributed by atoms with Gasteiger partial charge in [0.25, 0.3) is 0 Å². The minimum Gasteiger partial charge on any atom is -0.368 e. The summed E-state index contributed by atoms with van der Waals surface area (Å²) in [6, 6.07) is 13.4. The normalized spacial score (nSPS) is 12.5. The highest BCUT2D eigenvalue weighted by atomic mass is 35.5. The lowest BCUT2D eigenvalue weighted by atomic mass is 10.1. The predicted molar refractivity (Wildman–Crippen MR) is 108 cm³/mol. The number of amides is 1. The number of sulfonamides is 1. The van der Waals surface area contributed by atoms with Crippen molar-refractivity contribution in [1.82, 2.24) is 4.31 Å². The van der Waals surface area contributed by atoms with Crippen molar-refractivity contribution in [3.8, 4) is 6.07 Å². The minimum atomic E-state index is -4.00. The molecule has 1 atom stereocenters. The highest BCUT2D eigenvalue weighted by molar-refractivity contribution is 7.89. The van der Waals surface area contributed by atoms with Gasteiger partial charge in [-0.1, -0.05) is 43.5 Å². The molecule has 6 nitrogen and oxygen atoms in total. The van der Waals surface area contributed by atoms with Crippen LogP contribution >= 0.6 is 11.6 Å². The van der Waals surface area contributed by atoms with E-state index in [0.717, 1.165) is 10.7 Å². The molecule has 0 spiro atoms. The van der Waals surface area contributed by atoms with E-state index < -0.39 is 22.0 Å². The van der Waals surface area contributed by atoms with Gasteiger partial charge in [-0.25, -0.2) is 8.42 Å². The standard InChI is InChI=1S/C20H22ClN3O3S/c1-2-3-4-19(20(23)25)24(14-16-7-5-15(13-22)6-8-16)28(26,27)18-11-9-17(21)10-12-18/h5-12,19H,2-4,14H2,1H3,(H2,23,25)/t19-/m1/s1. The summed E-state index contributed by atoms with van der Waals surface area (Å²) in [5.74, 6) is -0.695. The number of halogens is 1. The molecule has 0 bridgehead atoms. The molecule has 28 heavy (non-hydrogen) atoms. The van der Waals surface area contributed by atoms with E-state index >= 15 is 0 Å². The highest BCUT2D eigenvalue weighted by Crippen LogP contribution is 2.25. The molecule has 2 aromatic carbocycles. The molecule has 0 heterocycles. The molecule has 0 aromatic heterocycles. The van der Waals surface area contributed by atoms with E-state index in [1.807, 2.05) is 13.0 Å². The summed E-state index contributed by atoms with van der Waals surface area (Å²) in [6.45, 7) is 1.92. The lowest BCUT2D eigenvalue weighted by Crippen LogP contribution is -2.47. The smallest absolute Gasteiger partial charge is 0.244 e. The van der Waals surface area contributed by atoms with Crippen molar-refractivity contribution in [1.29, 1.82) is 5.26 Å². The molecule has 0 aliphatic rings. The van der Waals surface area contributed by atoms with Crippen molar-refractivity contribution >= 4 is 27.5 Å². The molecule has 148 valence electrons. The van der Waals surface area contributed by atoms with Crippen molar-refractivity contribution in [2.45, 2.75) is 43.7 Å². The highest BCUT2D eigenvalue weighted by Gasteiger charge is 2.34. The number of carbonyl (C=O) groups is 1. The van der Waals surface area contributed by atoms with Crippen molar-refractivity contribution < 1.29 is 13.2 Å². The van der Waals surface area contributed by atoms with Gasteiger partial charge in [-0.2, -0.15) is 9.57 Å². The number of carbonyl (C=O) groups excluding carboxylic acids is 1. The van der Waals surface area contributed by atoms with Crippen molar-refractivity contribution in [2.24, 2.45) is 5.73 Å². The second-order valence-electron chi connectivity index (χ2n) is 6.37. The first kappa shape index (κ1) is 21.9. The van der Waals surface area contributed by atoms with Crippen LogP contribution in [0, 0.1) is 11.3 Å². The lowest BCUT2D eigenvalue weighted by Gasteiger charge is -2.29. The fourth-order valence-corrected chi connectivity index (χ4v) is 4.54. The Kier molecular flexibility index (Phi) is 7.58. The molecule has 2 rings (SSSR count). The second-order valence-corrected chi connectivity index (χ2v) is 8.70. The van der Waals surface area contributed by atoms with Crippen LogP contribution in [0.3, 0.4) is 0 Å². The lowest BCUT2D eigenvalue weighted by molar-refractivity contribution is -0.122. The number of benzene rings is 2. The van der Waals surface area contributed by atoms with Crippen LogP contribution in [0.4, 0.5) is 0 Å². The number of nitrogens with zero attached hydrogens (tertiary/aromatic N) is 2. The Morgan fingerprint density at radius 3 is 2.29 bits per heavy atom. The van der Waals surface area contributed by atoms with Crippen LogP contribution in [0.1, 0.15) is 37.3 Å². The van der Waals surface area contributed by atoms with E-state index in [1.165, 1.54) is 24.3 Å². The van der Waals surface area contributed by atoms with E-state index in [4.69, 9.17) is 22.6 Å². The van der Waals surface area contributed by atoms with Crippen LogP contribution in [-0.4, -0.2) is 24.7 Å². The number of hydrogen-bond donors (Lipinski definition) is 1. The molecule has 0 aliphatic carbocycles. The number of rotatable bonds is 9. The quantitative estimate of drug-likeness (QED) is 0.671. The summed E-state index contributed by atoms with van der Waals surface area (Å²) in [7, 11) is -4.00. The molecule has 0 saturated carbocycles. The summed E-state index contributed by atoms with van der Waals surface area (Å²) >= 11 is 5.87. The van der Waals surface area contributed by atoms with Crippen LogP contribution in [0.2, 0.25) is 5.02 Å². The molecule has 0 fully saturated rings. The summed E-state index contributed by atoms with van der Waals surface area (Å²) in [4.78, 5) is 12.2. The average Bonchev–Trinajstić information content (AvgIpc) is 2.68. The maximum Gasteiger partial charge on any atom is 0.244 e. The molecule has 8 heteroatoms. The first-order valence-electron chi connectivity index (χ1n) is 8.85. The molecular formula is C20H22ClN3O3S. The van der Waals surface area contributed by atoms with Crippen LogP contribution < -0.4 is 5.73 Å². The number of primary amides is 1. The molecule has 2 N–H and O–H groups in total. The molecular weight excluding hydrogens is 398 g/mol. The van der Waals surface area contributed by atoms with Crippen molar-refractivity contribution in [3.63, 3.8) is 0 Å². The van der Waals surface area contributed by atoms with Gasteiger partial charge in [0, 0.05) is 11.6 Å². The van der Waals surface area contributed by atoms with Crippen molar-refractivity contribution in [3.05, 3.63) is 64.7 Å². The van der Waals surface area contributed by atoms with E-state index in [-0.39, 0.29) is 11.4 Å². The van der Waals surface area contributed by atoms with Crippen molar-refractivity contribution in [2.75, 3.05) is 0 Å². The molecule has 0 radical (unpaired) electrons. The molecule has 0 saturated heterocycles. The topological polar surface area (TPSA) is 104 Å². The van der Waals surface area contributed by atoms with E-state index in [2.05, 4.69) is 0 Å². The van der Waals surface area contributed by atoms with Gasteiger partial charge in [-0.15, -0.1) is 0 Å². The Morgan fingerprint density at radius 1 is 1.18 bits per heavy atom. The Morgan fingerprint density at radius 2 is 1.79 bits per heavy atom. The Labute approximate surface area is 170 Å². The summed E-state index contributed by atoms with van der Waals surface area (Å²) in [6.07, 6.45) is 1.79. The van der Waals surface area contributed by atoms with E-state index in [9.17, 15) is 13.2 Å². The van der Waals surface area contributed by atoms with Crippen LogP contribution in [0.15, 0.2) is 53.4 Å². The van der Waals surface area contributed by atoms with Gasteiger partial charge in [-0.05, 0) is 48.4 Å². The zero-order valence-corrected chi connectivity index (χ0v) is 17.1. The Balaban J connectivity index is 2.48. The van der Waals surface area contributed by atoms with Gasteiger partial charge in [0.05, 0.1) is 16.5 Å². The fraction of sp³-hybridized carbons (Fsp3) is 0.300. The van der Waals surface area contributed by atoms with Gasteiger partial charge in [0.15, 0.2) is 0 Å². The summed E-state index contributed by atoms with van der Waals surface area (Å²) in [5.41, 5.74) is 6.69. The third kappa shape index (κ3) is 5.32. The van der Waals surface area contributed by atoms with Gasteiger partial charge >= 0.3 is 0 Å². The monoisotopic (exact) mass is 419 g/mol. The fourth-order valence-electron chi connectivity index (χ4n) is 2.79. The average molecular weight is 420 g/mol. The van der Waals surface area contributed by atoms with Gasteiger partial charge in [0.2, 0.25) is 15.9 Å². The maximum atomic E-state index is 13.3. The molecule has 0 aliphatic heterocycles. The maximum absolute atomic E-state index is 13.3. The number of hydrogen-bond acceptors (Lipinski definition) is 4. The largest absolute Gasteiger partial charge is 0.368 e. The SMILES string of the molecule is CCCC[C@H](C(N)=O)N(Cc1ccc(C#N)cc1)S(=O)(=O)c1ccc(Cl)cc1.